The molecule has 1 fully saturated rings. The molecule has 5 heteroatoms. The Hall–Kier alpha value is -2.24. The monoisotopic (exact) mass is 339 g/mol. The van der Waals surface area contributed by atoms with Gasteiger partial charge in [0.05, 0.1) is 19.3 Å². The number of hydrogen-bond acceptors (Lipinski definition) is 4. The number of ether oxygens (including phenoxy) is 1. The third-order valence-corrected chi connectivity index (χ3v) is 4.51. The highest BCUT2D eigenvalue weighted by Crippen LogP contribution is 2.22. The molecule has 2 heterocycles. The summed E-state index contributed by atoms with van der Waals surface area (Å²) in [5.41, 5.74) is 3.32. The third-order valence-electron chi connectivity index (χ3n) is 4.51. The van der Waals surface area contributed by atoms with Gasteiger partial charge in [-0.1, -0.05) is 29.8 Å². The first kappa shape index (κ1) is 17.6. The molecule has 1 aromatic carbocycles. The summed E-state index contributed by atoms with van der Waals surface area (Å²) in [7, 11) is 0. The Kier molecular flexibility index (Phi) is 6.14. The molecule has 1 amide bonds. The van der Waals surface area contributed by atoms with Crippen molar-refractivity contribution in [2.24, 2.45) is 0 Å². The lowest BCUT2D eigenvalue weighted by atomic mass is 9.98. The quantitative estimate of drug-likeness (QED) is 0.877. The van der Waals surface area contributed by atoms with Crippen LogP contribution >= 0.6 is 0 Å². The number of carbonyl (C=O) groups excluding carboxylic acids is 1. The van der Waals surface area contributed by atoms with Crippen LogP contribution in [0.4, 0.5) is 0 Å². The van der Waals surface area contributed by atoms with Crippen molar-refractivity contribution in [3.8, 4) is 0 Å². The molecule has 0 spiro atoms. The van der Waals surface area contributed by atoms with Crippen molar-refractivity contribution in [1.82, 2.24) is 15.2 Å². The molecule has 132 valence electrons. The zero-order valence-electron chi connectivity index (χ0n) is 14.6. The first-order chi connectivity index (χ1) is 12.2. The molecule has 1 unspecified atom stereocenters. The number of aromatic nitrogens is 1. The number of benzene rings is 1. The lowest BCUT2D eigenvalue weighted by molar-refractivity contribution is -0.122. The number of rotatable bonds is 6. The summed E-state index contributed by atoms with van der Waals surface area (Å²) in [6, 6.07) is 12.0. The van der Waals surface area contributed by atoms with Gasteiger partial charge in [0, 0.05) is 38.4 Å². The van der Waals surface area contributed by atoms with E-state index in [2.05, 4.69) is 46.4 Å². The molecular weight excluding hydrogens is 314 g/mol. The van der Waals surface area contributed by atoms with Gasteiger partial charge < -0.3 is 10.1 Å². The van der Waals surface area contributed by atoms with Crippen LogP contribution in [0.1, 0.15) is 29.2 Å². The number of carbonyl (C=O) groups is 1. The Morgan fingerprint density at radius 1 is 1.12 bits per heavy atom. The predicted molar refractivity (Wildman–Crippen MR) is 97.3 cm³/mol. The minimum atomic E-state index is -0.152. The number of nitrogens with zero attached hydrogens (tertiary/aromatic N) is 2. The van der Waals surface area contributed by atoms with Crippen molar-refractivity contribution in [3.63, 3.8) is 0 Å². The van der Waals surface area contributed by atoms with Gasteiger partial charge in [-0.15, -0.1) is 0 Å². The smallest absolute Gasteiger partial charge is 0.222 e. The summed E-state index contributed by atoms with van der Waals surface area (Å²) >= 11 is 0. The maximum atomic E-state index is 12.5. The standard InChI is InChI=1S/C20H25N3O2/c1-16-2-4-17(5-3-16)20(18-6-9-21-10-7-18)22-19(24)8-11-23-12-14-25-15-13-23/h2-7,9-10,20H,8,11-15H2,1H3,(H,22,24). The second-order valence-electron chi connectivity index (χ2n) is 6.40. The van der Waals surface area contributed by atoms with Gasteiger partial charge in [0.1, 0.15) is 0 Å². The highest BCUT2D eigenvalue weighted by Gasteiger charge is 2.18. The van der Waals surface area contributed by atoms with E-state index < -0.39 is 0 Å². The van der Waals surface area contributed by atoms with Gasteiger partial charge >= 0.3 is 0 Å². The molecule has 1 aliphatic heterocycles. The lowest BCUT2D eigenvalue weighted by Crippen LogP contribution is -2.39. The van der Waals surface area contributed by atoms with Gasteiger partial charge in [-0.25, -0.2) is 0 Å². The second-order valence-corrected chi connectivity index (χ2v) is 6.40. The molecule has 2 aromatic rings. The third kappa shape index (κ3) is 5.11. The Morgan fingerprint density at radius 2 is 1.76 bits per heavy atom. The molecule has 0 aliphatic carbocycles. The van der Waals surface area contributed by atoms with Gasteiger partial charge in [-0.3, -0.25) is 14.7 Å². The number of hydrogen-bond donors (Lipinski definition) is 1. The van der Waals surface area contributed by atoms with E-state index in [0.717, 1.165) is 44.0 Å². The largest absolute Gasteiger partial charge is 0.379 e. The zero-order chi connectivity index (χ0) is 17.5. The Labute approximate surface area is 149 Å². The summed E-state index contributed by atoms with van der Waals surface area (Å²) in [5.74, 6) is 0.0638. The van der Waals surface area contributed by atoms with Crippen molar-refractivity contribution in [2.45, 2.75) is 19.4 Å². The van der Waals surface area contributed by atoms with Crippen molar-refractivity contribution in [3.05, 3.63) is 65.5 Å². The summed E-state index contributed by atoms with van der Waals surface area (Å²) in [4.78, 5) is 18.9. The SMILES string of the molecule is Cc1ccc(C(NC(=O)CCN2CCOCC2)c2ccncc2)cc1. The van der Waals surface area contributed by atoms with Gasteiger partial charge in [0.15, 0.2) is 0 Å². The van der Waals surface area contributed by atoms with Gasteiger partial charge in [0.25, 0.3) is 0 Å². The van der Waals surface area contributed by atoms with Gasteiger partial charge in [0.2, 0.25) is 5.91 Å². The fourth-order valence-electron chi connectivity index (χ4n) is 2.99. The zero-order valence-corrected chi connectivity index (χ0v) is 14.6. The van der Waals surface area contributed by atoms with Crippen molar-refractivity contribution >= 4 is 5.91 Å². The molecule has 0 radical (unpaired) electrons. The highest BCUT2D eigenvalue weighted by atomic mass is 16.5. The molecule has 1 saturated heterocycles. The van der Waals surface area contributed by atoms with E-state index in [4.69, 9.17) is 4.74 Å². The molecule has 5 nitrogen and oxygen atoms in total. The fraction of sp³-hybridized carbons (Fsp3) is 0.400. The Balaban J connectivity index is 1.66. The van der Waals surface area contributed by atoms with Crippen LogP contribution in [0.15, 0.2) is 48.8 Å². The van der Waals surface area contributed by atoms with E-state index >= 15 is 0 Å². The van der Waals surface area contributed by atoms with Gasteiger partial charge in [-0.05, 0) is 30.2 Å². The summed E-state index contributed by atoms with van der Waals surface area (Å²) in [6.45, 7) is 6.14. The molecule has 1 atom stereocenters. The first-order valence-electron chi connectivity index (χ1n) is 8.78. The minimum Gasteiger partial charge on any atom is -0.379 e. The van der Waals surface area contributed by atoms with E-state index in [9.17, 15) is 4.79 Å². The summed E-state index contributed by atoms with van der Waals surface area (Å²) < 4.78 is 5.35. The number of nitrogens with one attached hydrogen (secondary N) is 1. The fourth-order valence-corrected chi connectivity index (χ4v) is 2.99. The molecule has 1 aromatic heterocycles. The van der Waals surface area contributed by atoms with Crippen LogP contribution in [0.3, 0.4) is 0 Å². The molecule has 0 saturated carbocycles. The summed E-state index contributed by atoms with van der Waals surface area (Å²) in [5, 5.41) is 3.18. The van der Waals surface area contributed by atoms with E-state index in [1.54, 1.807) is 12.4 Å². The minimum absolute atomic E-state index is 0.0638. The molecule has 0 bridgehead atoms. The average Bonchev–Trinajstić information content (AvgIpc) is 2.67. The second kappa shape index (κ2) is 8.74. The highest BCUT2D eigenvalue weighted by molar-refractivity contribution is 5.77. The molecular formula is C20H25N3O2. The van der Waals surface area contributed by atoms with E-state index in [0.29, 0.717) is 6.42 Å². The van der Waals surface area contributed by atoms with Crippen LogP contribution in [0.25, 0.3) is 0 Å². The lowest BCUT2D eigenvalue weighted by Gasteiger charge is -2.26. The van der Waals surface area contributed by atoms with Crippen LogP contribution in [-0.2, 0) is 9.53 Å². The molecule has 1 N–H and O–H groups in total. The first-order valence-corrected chi connectivity index (χ1v) is 8.78. The van der Waals surface area contributed by atoms with E-state index in [-0.39, 0.29) is 11.9 Å². The Morgan fingerprint density at radius 3 is 2.44 bits per heavy atom. The van der Waals surface area contributed by atoms with E-state index in [1.165, 1.54) is 5.56 Å². The molecule has 3 rings (SSSR count). The number of pyridine rings is 1. The van der Waals surface area contributed by atoms with Crippen molar-refractivity contribution in [2.75, 3.05) is 32.8 Å². The Bertz CT molecular complexity index is 667. The topological polar surface area (TPSA) is 54.5 Å². The molecule has 25 heavy (non-hydrogen) atoms. The number of aryl methyl sites for hydroxylation is 1. The predicted octanol–water partition coefficient (Wildman–Crippen LogP) is 2.32. The van der Waals surface area contributed by atoms with Crippen LogP contribution < -0.4 is 5.32 Å². The summed E-state index contributed by atoms with van der Waals surface area (Å²) in [6.07, 6.45) is 4.01. The molecule has 1 aliphatic rings. The van der Waals surface area contributed by atoms with Crippen molar-refractivity contribution < 1.29 is 9.53 Å². The van der Waals surface area contributed by atoms with Crippen LogP contribution in [0, 0.1) is 6.92 Å². The van der Waals surface area contributed by atoms with Gasteiger partial charge in [-0.2, -0.15) is 0 Å². The van der Waals surface area contributed by atoms with Crippen LogP contribution in [0.5, 0.6) is 0 Å². The number of amides is 1. The normalized spacial score (nSPS) is 16.4. The van der Waals surface area contributed by atoms with Crippen LogP contribution in [-0.4, -0.2) is 48.6 Å². The van der Waals surface area contributed by atoms with Crippen molar-refractivity contribution in [1.29, 1.82) is 0 Å². The average molecular weight is 339 g/mol. The van der Waals surface area contributed by atoms with Crippen LogP contribution in [0.2, 0.25) is 0 Å². The van der Waals surface area contributed by atoms with E-state index in [1.807, 2.05) is 12.1 Å². The maximum Gasteiger partial charge on any atom is 0.222 e. The number of morpholine rings is 1. The maximum absolute atomic E-state index is 12.5.